The Bertz CT molecular complexity index is 707. The quantitative estimate of drug-likeness (QED) is 0.931. The Morgan fingerprint density at radius 2 is 2.24 bits per heavy atom. The molecule has 109 valence electrons. The monoisotopic (exact) mass is 286 g/mol. The van der Waals surface area contributed by atoms with Gasteiger partial charge in [-0.1, -0.05) is 0 Å². The first-order chi connectivity index (χ1) is 10.0. The van der Waals surface area contributed by atoms with Crippen molar-refractivity contribution in [3.63, 3.8) is 0 Å². The van der Waals surface area contributed by atoms with E-state index in [1.165, 1.54) is 23.9 Å². The zero-order chi connectivity index (χ0) is 15.4. The van der Waals surface area contributed by atoms with Crippen molar-refractivity contribution in [3.8, 4) is 5.75 Å². The van der Waals surface area contributed by atoms with Crippen molar-refractivity contribution in [1.82, 2.24) is 9.55 Å². The van der Waals surface area contributed by atoms with Gasteiger partial charge in [-0.05, 0) is 32.0 Å². The molecule has 6 heteroatoms. The average molecular weight is 286 g/mol. The third-order valence-electron chi connectivity index (χ3n) is 2.94. The van der Waals surface area contributed by atoms with E-state index in [2.05, 4.69) is 16.4 Å². The molecule has 2 aromatic rings. The molecule has 0 atom stereocenters. The van der Waals surface area contributed by atoms with Crippen LogP contribution in [0.3, 0.4) is 0 Å². The zero-order valence-corrected chi connectivity index (χ0v) is 12.1. The van der Waals surface area contributed by atoms with Crippen LogP contribution in [-0.4, -0.2) is 22.6 Å². The molecule has 0 aromatic carbocycles. The van der Waals surface area contributed by atoms with E-state index in [0.29, 0.717) is 5.75 Å². The largest absolute Gasteiger partial charge is 0.493 e. The Balaban J connectivity index is 2.33. The van der Waals surface area contributed by atoms with Gasteiger partial charge in [0, 0.05) is 24.5 Å². The topological polar surface area (TPSA) is 73.2 Å². The molecule has 0 saturated carbocycles. The van der Waals surface area contributed by atoms with Crippen molar-refractivity contribution in [2.24, 2.45) is 0 Å². The summed E-state index contributed by atoms with van der Waals surface area (Å²) in [6, 6.07) is 7.43. The fraction of sp³-hybridized carbons (Fsp3) is 0.267. The number of carbonyl (C=O) groups excluding carboxylic acids is 1. The number of nitrogens with one attached hydrogen (secondary N) is 1. The van der Waals surface area contributed by atoms with Crippen molar-refractivity contribution in [3.05, 3.63) is 52.6 Å². The van der Waals surface area contributed by atoms with Crippen molar-refractivity contribution >= 4 is 11.7 Å². The maximum absolute atomic E-state index is 12.2. The van der Waals surface area contributed by atoms with Crippen LogP contribution in [0.5, 0.6) is 5.75 Å². The second-order valence-electron chi connectivity index (χ2n) is 4.67. The Morgan fingerprint density at radius 1 is 1.48 bits per heavy atom. The fourth-order valence-corrected chi connectivity index (χ4v) is 1.86. The summed E-state index contributed by atoms with van der Waals surface area (Å²) >= 11 is 0. The number of hydrogen-bond donors (Lipinski definition) is 1. The molecule has 6 nitrogen and oxygen atoms in total. The van der Waals surface area contributed by atoms with Crippen LogP contribution in [0.2, 0.25) is 0 Å². The number of carbonyl (C=O) groups is 1. The predicted octanol–water partition coefficient (Wildman–Crippen LogP) is 1.89. The number of rotatable bonds is 4. The number of pyridine rings is 2. The molecule has 21 heavy (non-hydrogen) atoms. The van der Waals surface area contributed by atoms with E-state index in [0.717, 1.165) is 0 Å². The number of methoxy groups -OCH3 is 1. The first-order valence-electron chi connectivity index (χ1n) is 6.47. The highest BCUT2D eigenvalue weighted by Gasteiger charge is 2.15. The molecule has 1 radical (unpaired) electrons. The number of amides is 1. The molecule has 0 aliphatic rings. The molecule has 2 rings (SSSR count). The Morgan fingerprint density at radius 3 is 2.90 bits per heavy atom. The van der Waals surface area contributed by atoms with Crippen molar-refractivity contribution in [1.29, 1.82) is 0 Å². The highest BCUT2D eigenvalue weighted by Crippen LogP contribution is 2.20. The zero-order valence-electron chi connectivity index (χ0n) is 12.1. The molecule has 2 heterocycles. The van der Waals surface area contributed by atoms with Gasteiger partial charge in [-0.25, -0.2) is 4.98 Å². The van der Waals surface area contributed by atoms with E-state index in [1.54, 1.807) is 18.3 Å². The van der Waals surface area contributed by atoms with Gasteiger partial charge < -0.3 is 14.6 Å². The normalized spacial score (nSPS) is 10.5. The SMILES string of the molecule is COc1c[c]cnc1NC(=O)c1cccn(C(C)C)c1=O. The van der Waals surface area contributed by atoms with Crippen LogP contribution >= 0.6 is 0 Å². The number of hydrogen-bond acceptors (Lipinski definition) is 4. The van der Waals surface area contributed by atoms with Crippen LogP contribution in [0.1, 0.15) is 30.2 Å². The highest BCUT2D eigenvalue weighted by molar-refractivity contribution is 6.04. The lowest BCUT2D eigenvalue weighted by Gasteiger charge is -2.12. The van der Waals surface area contributed by atoms with Crippen molar-refractivity contribution in [2.75, 3.05) is 12.4 Å². The van der Waals surface area contributed by atoms with Crippen LogP contribution in [-0.2, 0) is 0 Å². The minimum atomic E-state index is -0.521. The second-order valence-corrected chi connectivity index (χ2v) is 4.67. The van der Waals surface area contributed by atoms with Gasteiger partial charge in [0.15, 0.2) is 11.6 Å². The lowest BCUT2D eigenvalue weighted by atomic mass is 10.2. The molecule has 0 spiro atoms. The van der Waals surface area contributed by atoms with Crippen LogP contribution in [0, 0.1) is 6.07 Å². The molecule has 1 amide bonds. The van der Waals surface area contributed by atoms with Gasteiger partial charge in [0.1, 0.15) is 5.56 Å². The smallest absolute Gasteiger partial charge is 0.263 e. The average Bonchev–Trinajstić information content (AvgIpc) is 2.47. The van der Waals surface area contributed by atoms with E-state index in [4.69, 9.17) is 4.74 Å². The van der Waals surface area contributed by atoms with Gasteiger partial charge in [-0.3, -0.25) is 9.59 Å². The molecule has 0 saturated heterocycles. The first kappa shape index (κ1) is 14.8. The molecular formula is C15H16N3O3. The molecule has 0 fully saturated rings. The summed E-state index contributed by atoms with van der Waals surface area (Å²) in [6.45, 7) is 3.75. The Labute approximate surface area is 122 Å². The fourth-order valence-electron chi connectivity index (χ4n) is 1.86. The second kappa shape index (κ2) is 6.21. The molecule has 1 N–H and O–H groups in total. The van der Waals surface area contributed by atoms with Crippen molar-refractivity contribution < 1.29 is 9.53 Å². The van der Waals surface area contributed by atoms with Crippen LogP contribution in [0.4, 0.5) is 5.82 Å². The number of ether oxygens (including phenoxy) is 1. The van der Waals surface area contributed by atoms with Gasteiger partial charge in [0.25, 0.3) is 11.5 Å². The summed E-state index contributed by atoms with van der Waals surface area (Å²) in [4.78, 5) is 28.5. The molecule has 0 aliphatic heterocycles. The van der Waals surface area contributed by atoms with E-state index in [9.17, 15) is 9.59 Å². The first-order valence-corrected chi connectivity index (χ1v) is 6.47. The predicted molar refractivity (Wildman–Crippen MR) is 78.7 cm³/mol. The minimum absolute atomic E-state index is 0.0239. The lowest BCUT2D eigenvalue weighted by Crippen LogP contribution is -2.29. The maximum atomic E-state index is 12.2. The molecule has 0 aliphatic carbocycles. The van der Waals surface area contributed by atoms with Gasteiger partial charge in [0.2, 0.25) is 0 Å². The summed E-state index contributed by atoms with van der Waals surface area (Å²) < 4.78 is 6.58. The van der Waals surface area contributed by atoms with E-state index < -0.39 is 5.91 Å². The molecule has 0 bridgehead atoms. The number of aromatic nitrogens is 2. The molecule has 2 aromatic heterocycles. The van der Waals surface area contributed by atoms with Gasteiger partial charge in [-0.2, -0.15) is 0 Å². The summed E-state index contributed by atoms with van der Waals surface area (Å²) in [7, 11) is 1.47. The Kier molecular flexibility index (Phi) is 4.37. The highest BCUT2D eigenvalue weighted by atomic mass is 16.5. The summed E-state index contributed by atoms with van der Waals surface area (Å²) in [6.07, 6.45) is 3.07. The number of anilines is 1. The van der Waals surface area contributed by atoms with Crippen LogP contribution in [0.25, 0.3) is 0 Å². The maximum Gasteiger partial charge on any atom is 0.263 e. The third-order valence-corrected chi connectivity index (χ3v) is 2.94. The van der Waals surface area contributed by atoms with Gasteiger partial charge in [-0.15, -0.1) is 0 Å². The summed E-state index contributed by atoms with van der Waals surface area (Å²) in [5, 5.41) is 2.58. The van der Waals surface area contributed by atoms with Crippen LogP contribution < -0.4 is 15.6 Å². The van der Waals surface area contributed by atoms with Crippen molar-refractivity contribution in [2.45, 2.75) is 19.9 Å². The van der Waals surface area contributed by atoms with Gasteiger partial charge >= 0.3 is 0 Å². The summed E-state index contributed by atoms with van der Waals surface area (Å²) in [5.41, 5.74) is -0.283. The minimum Gasteiger partial charge on any atom is -0.493 e. The standard InChI is InChI=1S/C15H16N3O3/c1-10(2)18-9-5-6-11(15(18)20)14(19)17-13-12(21-3)7-4-8-16-13/h5-10H,1-3H3,(H,16,17,19). The Hall–Kier alpha value is -2.63. The third kappa shape index (κ3) is 3.10. The van der Waals surface area contributed by atoms with E-state index in [-0.39, 0.29) is 23.0 Å². The van der Waals surface area contributed by atoms with Gasteiger partial charge in [0.05, 0.1) is 7.11 Å². The van der Waals surface area contributed by atoms with Crippen LogP contribution in [0.15, 0.2) is 35.4 Å². The van der Waals surface area contributed by atoms with E-state index in [1.807, 2.05) is 13.8 Å². The molecular weight excluding hydrogens is 270 g/mol. The number of nitrogens with zero attached hydrogens (tertiary/aromatic N) is 2. The van der Waals surface area contributed by atoms with E-state index >= 15 is 0 Å². The summed E-state index contributed by atoms with van der Waals surface area (Å²) in [5.74, 6) is 0.110. The molecule has 0 unspecified atom stereocenters. The lowest BCUT2D eigenvalue weighted by molar-refractivity contribution is 0.102.